The van der Waals surface area contributed by atoms with Crippen molar-refractivity contribution in [3.8, 4) is 0 Å². The molecular formula is C6H13FN2. The predicted molar refractivity (Wildman–Crippen MR) is 35.0 cm³/mol. The Kier molecular flexibility index (Phi) is 2.03. The topological polar surface area (TPSA) is 38.0 Å². The summed E-state index contributed by atoms with van der Waals surface area (Å²) in [5.74, 6) is 0. The lowest BCUT2D eigenvalue weighted by Gasteiger charge is -2.28. The number of rotatable bonds is 0. The van der Waals surface area contributed by atoms with Crippen LogP contribution in [0.1, 0.15) is 13.3 Å². The van der Waals surface area contributed by atoms with Crippen molar-refractivity contribution in [2.75, 3.05) is 6.54 Å². The van der Waals surface area contributed by atoms with Crippen LogP contribution in [0.2, 0.25) is 0 Å². The van der Waals surface area contributed by atoms with Gasteiger partial charge in [-0.1, -0.05) is 0 Å². The van der Waals surface area contributed by atoms with Crippen LogP contribution in [0.3, 0.4) is 0 Å². The van der Waals surface area contributed by atoms with Gasteiger partial charge in [0.25, 0.3) is 0 Å². The maximum atomic E-state index is 12.7. The number of halogens is 1. The molecule has 2 nitrogen and oxygen atoms in total. The van der Waals surface area contributed by atoms with Crippen molar-refractivity contribution in [1.82, 2.24) is 5.32 Å². The first-order valence-corrected chi connectivity index (χ1v) is 3.33. The van der Waals surface area contributed by atoms with Crippen molar-refractivity contribution in [3.63, 3.8) is 0 Å². The third-order valence-electron chi connectivity index (χ3n) is 1.75. The van der Waals surface area contributed by atoms with Crippen LogP contribution in [0.15, 0.2) is 0 Å². The van der Waals surface area contributed by atoms with Crippen LogP contribution in [-0.4, -0.2) is 24.8 Å². The number of hydrogen-bond donors (Lipinski definition) is 2. The standard InChI is InChI=1S/C6H13FN2/c1-4-2-5(7)6(8)3-9-4/h4-6,9H,2-3,8H2,1H3/t4-,5-,6-/m0/s1. The van der Waals surface area contributed by atoms with Crippen LogP contribution in [-0.2, 0) is 0 Å². The van der Waals surface area contributed by atoms with E-state index in [1.54, 1.807) is 0 Å². The smallest absolute Gasteiger partial charge is 0.118 e. The average Bonchev–Trinajstić information content (AvgIpc) is 1.80. The quantitative estimate of drug-likeness (QED) is 0.488. The molecule has 0 aromatic rings. The molecule has 1 aliphatic heterocycles. The minimum Gasteiger partial charge on any atom is -0.324 e. The molecule has 0 saturated carbocycles. The van der Waals surface area contributed by atoms with Gasteiger partial charge in [0.1, 0.15) is 6.17 Å². The van der Waals surface area contributed by atoms with Gasteiger partial charge in [0, 0.05) is 18.6 Å². The minimum atomic E-state index is -0.804. The van der Waals surface area contributed by atoms with Gasteiger partial charge in [-0.3, -0.25) is 0 Å². The fourth-order valence-corrected chi connectivity index (χ4v) is 1.06. The maximum absolute atomic E-state index is 12.7. The zero-order valence-electron chi connectivity index (χ0n) is 5.60. The third kappa shape index (κ3) is 1.63. The highest BCUT2D eigenvalue weighted by atomic mass is 19.1. The van der Waals surface area contributed by atoms with Gasteiger partial charge in [0.2, 0.25) is 0 Å². The summed E-state index contributed by atoms with van der Waals surface area (Å²) in [6.07, 6.45) is -0.248. The van der Waals surface area contributed by atoms with Crippen LogP contribution in [0.25, 0.3) is 0 Å². The molecule has 54 valence electrons. The van der Waals surface area contributed by atoms with Gasteiger partial charge in [-0.2, -0.15) is 0 Å². The number of hydrogen-bond acceptors (Lipinski definition) is 2. The fourth-order valence-electron chi connectivity index (χ4n) is 1.06. The SMILES string of the molecule is C[C@H]1C[C@H](F)[C@@H](N)CN1. The highest BCUT2D eigenvalue weighted by Gasteiger charge is 2.24. The first-order valence-electron chi connectivity index (χ1n) is 3.33. The first-order chi connectivity index (χ1) is 4.20. The number of nitrogens with two attached hydrogens (primary N) is 1. The van der Waals surface area contributed by atoms with E-state index in [9.17, 15) is 4.39 Å². The number of alkyl halides is 1. The van der Waals surface area contributed by atoms with Gasteiger partial charge >= 0.3 is 0 Å². The molecule has 0 amide bonds. The first kappa shape index (κ1) is 6.96. The monoisotopic (exact) mass is 132 g/mol. The molecule has 1 aliphatic rings. The van der Waals surface area contributed by atoms with E-state index in [1.807, 2.05) is 6.92 Å². The Morgan fingerprint density at radius 2 is 2.33 bits per heavy atom. The fraction of sp³-hybridized carbons (Fsp3) is 1.00. The molecular weight excluding hydrogens is 119 g/mol. The lowest BCUT2D eigenvalue weighted by molar-refractivity contribution is 0.201. The van der Waals surface area contributed by atoms with Crippen molar-refractivity contribution >= 4 is 0 Å². The van der Waals surface area contributed by atoms with Crippen molar-refractivity contribution in [2.45, 2.75) is 31.6 Å². The molecule has 0 radical (unpaired) electrons. The van der Waals surface area contributed by atoms with Gasteiger partial charge in [-0.15, -0.1) is 0 Å². The summed E-state index contributed by atoms with van der Waals surface area (Å²) >= 11 is 0. The van der Waals surface area contributed by atoms with Gasteiger partial charge in [0.15, 0.2) is 0 Å². The molecule has 0 aliphatic carbocycles. The largest absolute Gasteiger partial charge is 0.324 e. The molecule has 3 N–H and O–H groups in total. The van der Waals surface area contributed by atoms with E-state index in [-0.39, 0.29) is 6.04 Å². The Bertz CT molecular complexity index is 97.1. The second-order valence-corrected chi connectivity index (χ2v) is 2.72. The Labute approximate surface area is 54.6 Å². The van der Waals surface area contributed by atoms with Gasteiger partial charge < -0.3 is 11.1 Å². The van der Waals surface area contributed by atoms with E-state index >= 15 is 0 Å². The van der Waals surface area contributed by atoms with Crippen LogP contribution in [0.5, 0.6) is 0 Å². The summed E-state index contributed by atoms with van der Waals surface area (Å²) in [4.78, 5) is 0. The van der Waals surface area contributed by atoms with Crippen molar-refractivity contribution in [2.24, 2.45) is 5.73 Å². The molecule has 3 heteroatoms. The van der Waals surface area contributed by atoms with E-state index in [0.29, 0.717) is 19.0 Å². The van der Waals surface area contributed by atoms with Crippen molar-refractivity contribution < 1.29 is 4.39 Å². The van der Waals surface area contributed by atoms with Crippen LogP contribution in [0, 0.1) is 0 Å². The van der Waals surface area contributed by atoms with Gasteiger partial charge in [0.05, 0.1) is 0 Å². The summed E-state index contributed by atoms with van der Waals surface area (Å²) in [6.45, 7) is 2.58. The second kappa shape index (κ2) is 2.62. The Hall–Kier alpha value is -0.150. The molecule has 0 unspecified atom stereocenters. The van der Waals surface area contributed by atoms with Crippen LogP contribution >= 0.6 is 0 Å². The molecule has 0 aromatic carbocycles. The second-order valence-electron chi connectivity index (χ2n) is 2.72. The zero-order valence-corrected chi connectivity index (χ0v) is 5.60. The Morgan fingerprint density at radius 3 is 2.78 bits per heavy atom. The van der Waals surface area contributed by atoms with E-state index in [2.05, 4.69) is 5.32 Å². The molecule has 0 aromatic heterocycles. The van der Waals surface area contributed by atoms with Crippen LogP contribution < -0.4 is 11.1 Å². The number of nitrogens with one attached hydrogen (secondary N) is 1. The van der Waals surface area contributed by atoms with Crippen molar-refractivity contribution in [1.29, 1.82) is 0 Å². The van der Waals surface area contributed by atoms with E-state index < -0.39 is 6.17 Å². The summed E-state index contributed by atoms with van der Waals surface area (Å²) < 4.78 is 12.7. The normalized spacial score (nSPS) is 45.0. The molecule has 1 heterocycles. The third-order valence-corrected chi connectivity index (χ3v) is 1.75. The molecule has 9 heavy (non-hydrogen) atoms. The molecule has 1 fully saturated rings. The molecule has 1 saturated heterocycles. The zero-order chi connectivity index (χ0) is 6.85. The minimum absolute atomic E-state index is 0.291. The lowest BCUT2D eigenvalue weighted by atomic mass is 10.0. The van der Waals surface area contributed by atoms with E-state index in [4.69, 9.17) is 5.73 Å². The van der Waals surface area contributed by atoms with Crippen LogP contribution in [0.4, 0.5) is 4.39 Å². The van der Waals surface area contributed by atoms with Gasteiger partial charge in [-0.05, 0) is 13.3 Å². The highest BCUT2D eigenvalue weighted by molar-refractivity contribution is 4.84. The lowest BCUT2D eigenvalue weighted by Crippen LogP contribution is -2.51. The van der Waals surface area contributed by atoms with E-state index in [1.165, 1.54) is 0 Å². The Balaban J connectivity index is 2.35. The summed E-state index contributed by atoms with van der Waals surface area (Å²) in [5.41, 5.74) is 5.40. The summed E-state index contributed by atoms with van der Waals surface area (Å²) in [5, 5.41) is 3.10. The van der Waals surface area contributed by atoms with Crippen molar-refractivity contribution in [3.05, 3.63) is 0 Å². The Morgan fingerprint density at radius 1 is 1.67 bits per heavy atom. The summed E-state index contributed by atoms with van der Waals surface area (Å²) in [7, 11) is 0. The highest BCUT2D eigenvalue weighted by Crippen LogP contribution is 2.10. The molecule has 3 atom stereocenters. The number of piperidine rings is 1. The predicted octanol–water partition coefficient (Wildman–Crippen LogP) is 0.0336. The van der Waals surface area contributed by atoms with E-state index in [0.717, 1.165) is 0 Å². The molecule has 1 rings (SSSR count). The molecule has 0 bridgehead atoms. The van der Waals surface area contributed by atoms with Gasteiger partial charge in [-0.25, -0.2) is 4.39 Å². The molecule has 0 spiro atoms. The maximum Gasteiger partial charge on any atom is 0.118 e. The average molecular weight is 132 g/mol. The summed E-state index contributed by atoms with van der Waals surface area (Å²) in [6, 6.07) is 0.000926.